The highest BCUT2D eigenvalue weighted by molar-refractivity contribution is 8.00. The maximum absolute atomic E-state index is 13.6. The van der Waals surface area contributed by atoms with Crippen LogP contribution in [0.25, 0.3) is 0 Å². The SMILES string of the molecule is CC(C)OC(=O)CSc1ccc(S(=O)C(F)(F)C(F)(F)C(F)(F)F)cc1[N+](=O)[O-]. The normalized spacial score (nSPS) is 14.0. The standard InChI is InChI=1S/C14H12F7NO5S2/c1-7(2)27-11(23)6-28-10-4-3-8(5-9(10)22(24)25)29(26)14(20,21)12(15,16)13(17,18)19/h3-5,7H,6H2,1-2H3. The second-order valence-corrected chi connectivity index (χ2v) is 8.11. The molecule has 0 spiro atoms. The van der Waals surface area contributed by atoms with Crippen LogP contribution in [-0.4, -0.2) is 44.3 Å². The Morgan fingerprint density at radius 1 is 1.21 bits per heavy atom. The highest BCUT2D eigenvalue weighted by Crippen LogP contribution is 2.49. The van der Waals surface area contributed by atoms with E-state index in [0.29, 0.717) is 23.9 Å². The molecule has 0 fully saturated rings. The summed E-state index contributed by atoms with van der Waals surface area (Å²) in [6.45, 7) is 3.07. The van der Waals surface area contributed by atoms with Gasteiger partial charge in [-0.1, -0.05) is 0 Å². The summed E-state index contributed by atoms with van der Waals surface area (Å²) in [6, 6.07) is 1.37. The summed E-state index contributed by atoms with van der Waals surface area (Å²) in [5, 5.41) is 5.00. The van der Waals surface area contributed by atoms with Crippen LogP contribution in [0, 0.1) is 10.1 Å². The fraction of sp³-hybridized carbons (Fsp3) is 0.500. The van der Waals surface area contributed by atoms with Crippen molar-refractivity contribution in [2.45, 2.75) is 47.1 Å². The van der Waals surface area contributed by atoms with Gasteiger partial charge in [0.25, 0.3) is 5.69 Å². The van der Waals surface area contributed by atoms with Gasteiger partial charge in [0, 0.05) is 6.07 Å². The van der Waals surface area contributed by atoms with E-state index in [1.165, 1.54) is 13.8 Å². The number of benzene rings is 1. The highest BCUT2D eigenvalue weighted by atomic mass is 32.2. The second-order valence-electron chi connectivity index (χ2n) is 5.57. The first-order valence-corrected chi connectivity index (χ1v) is 9.51. The Morgan fingerprint density at radius 3 is 2.21 bits per heavy atom. The number of esters is 1. The Hall–Kier alpha value is -1.90. The third-order valence-electron chi connectivity index (χ3n) is 3.01. The van der Waals surface area contributed by atoms with Gasteiger partial charge < -0.3 is 4.74 Å². The van der Waals surface area contributed by atoms with Crippen molar-refractivity contribution in [2.24, 2.45) is 0 Å². The number of alkyl halides is 7. The molecule has 0 radical (unpaired) electrons. The fourth-order valence-electron chi connectivity index (χ4n) is 1.74. The number of rotatable bonds is 8. The van der Waals surface area contributed by atoms with E-state index >= 15 is 0 Å². The maximum atomic E-state index is 13.6. The third kappa shape index (κ3) is 5.58. The number of nitrogens with zero attached hydrogens (tertiary/aromatic N) is 1. The van der Waals surface area contributed by atoms with Gasteiger partial charge in [0.2, 0.25) is 0 Å². The molecule has 1 aromatic carbocycles. The van der Waals surface area contributed by atoms with Crippen LogP contribution in [0.3, 0.4) is 0 Å². The summed E-state index contributed by atoms with van der Waals surface area (Å²) in [4.78, 5) is 19.8. The monoisotopic (exact) mass is 471 g/mol. The minimum atomic E-state index is -6.70. The van der Waals surface area contributed by atoms with Crippen LogP contribution in [0.15, 0.2) is 28.0 Å². The Bertz CT molecular complexity index is 814. The molecule has 0 N–H and O–H groups in total. The van der Waals surface area contributed by atoms with Gasteiger partial charge in [0.15, 0.2) is 0 Å². The largest absolute Gasteiger partial charge is 0.462 e. The molecule has 0 amide bonds. The molecule has 1 atom stereocenters. The summed E-state index contributed by atoms with van der Waals surface area (Å²) in [5.41, 5.74) is -1.01. The smallest absolute Gasteiger partial charge is 0.461 e. The average molecular weight is 471 g/mol. The number of nitro groups is 1. The zero-order valence-electron chi connectivity index (χ0n) is 14.5. The average Bonchev–Trinajstić information content (AvgIpc) is 2.57. The molecule has 164 valence electrons. The number of hydrogen-bond donors (Lipinski definition) is 0. The van der Waals surface area contributed by atoms with Crippen LogP contribution in [0.1, 0.15) is 13.8 Å². The maximum Gasteiger partial charge on any atom is 0.461 e. The fourth-order valence-corrected chi connectivity index (χ4v) is 3.58. The van der Waals surface area contributed by atoms with Gasteiger partial charge in [0.05, 0.1) is 26.6 Å². The van der Waals surface area contributed by atoms with Crippen molar-refractivity contribution in [3.05, 3.63) is 28.3 Å². The summed E-state index contributed by atoms with van der Waals surface area (Å²) in [7, 11) is -4.27. The lowest BCUT2D eigenvalue weighted by atomic mass is 10.3. The molecule has 0 heterocycles. The summed E-state index contributed by atoms with van der Waals surface area (Å²) in [6.07, 6.45) is -7.19. The molecule has 1 unspecified atom stereocenters. The van der Waals surface area contributed by atoms with Crippen molar-refractivity contribution >= 4 is 34.2 Å². The quantitative estimate of drug-likeness (QED) is 0.182. The number of ether oxygens (including phenoxy) is 1. The van der Waals surface area contributed by atoms with Crippen molar-refractivity contribution in [3.63, 3.8) is 0 Å². The molecule has 0 aromatic heterocycles. The van der Waals surface area contributed by atoms with Crippen LogP contribution >= 0.6 is 11.8 Å². The first kappa shape index (κ1) is 25.1. The third-order valence-corrected chi connectivity index (χ3v) is 5.45. The highest BCUT2D eigenvalue weighted by Gasteiger charge is 2.76. The van der Waals surface area contributed by atoms with E-state index in [0.717, 1.165) is 0 Å². The van der Waals surface area contributed by atoms with Gasteiger partial charge in [-0.05, 0) is 26.0 Å². The first-order chi connectivity index (χ1) is 13.0. The van der Waals surface area contributed by atoms with Gasteiger partial charge >= 0.3 is 23.3 Å². The predicted octanol–water partition coefficient (Wildman–Crippen LogP) is 4.54. The molecular weight excluding hydrogens is 459 g/mol. The van der Waals surface area contributed by atoms with Crippen molar-refractivity contribution in [1.29, 1.82) is 0 Å². The molecule has 0 aliphatic rings. The lowest BCUT2D eigenvalue weighted by Gasteiger charge is -2.27. The lowest BCUT2D eigenvalue weighted by molar-refractivity contribution is -0.388. The van der Waals surface area contributed by atoms with Crippen molar-refractivity contribution < 1.29 is 49.4 Å². The zero-order valence-corrected chi connectivity index (χ0v) is 16.1. The van der Waals surface area contributed by atoms with E-state index < -0.39 is 61.5 Å². The molecule has 29 heavy (non-hydrogen) atoms. The van der Waals surface area contributed by atoms with Gasteiger partial charge in [-0.3, -0.25) is 14.9 Å². The second kappa shape index (κ2) is 8.85. The van der Waals surface area contributed by atoms with Crippen LogP contribution in [0.4, 0.5) is 36.4 Å². The Kier molecular flexibility index (Phi) is 7.67. The minimum absolute atomic E-state index is 0.187. The Balaban J connectivity index is 3.23. The first-order valence-electron chi connectivity index (χ1n) is 7.37. The van der Waals surface area contributed by atoms with E-state index in [4.69, 9.17) is 4.74 Å². The molecule has 0 aliphatic carbocycles. The molecule has 0 saturated carbocycles. The Morgan fingerprint density at radius 2 is 1.76 bits per heavy atom. The van der Waals surface area contributed by atoms with Crippen LogP contribution in [0.5, 0.6) is 0 Å². The van der Waals surface area contributed by atoms with E-state index in [1.54, 1.807) is 0 Å². The zero-order chi connectivity index (χ0) is 22.8. The van der Waals surface area contributed by atoms with Gasteiger partial charge in [-0.2, -0.15) is 30.7 Å². The molecule has 15 heteroatoms. The summed E-state index contributed by atoms with van der Waals surface area (Å²) in [5.74, 6) is -7.86. The molecule has 0 aliphatic heterocycles. The molecule has 1 aromatic rings. The van der Waals surface area contributed by atoms with Crippen molar-refractivity contribution in [3.8, 4) is 0 Å². The summed E-state index contributed by atoms with van der Waals surface area (Å²) < 4.78 is 106. The van der Waals surface area contributed by atoms with Gasteiger partial charge in [-0.25, -0.2) is 4.21 Å². The number of thioether (sulfide) groups is 1. The van der Waals surface area contributed by atoms with Crippen molar-refractivity contribution in [1.82, 2.24) is 0 Å². The van der Waals surface area contributed by atoms with E-state index in [2.05, 4.69) is 0 Å². The molecule has 1 rings (SSSR count). The van der Waals surface area contributed by atoms with Crippen LogP contribution < -0.4 is 0 Å². The van der Waals surface area contributed by atoms with E-state index in [-0.39, 0.29) is 11.0 Å². The molecule has 0 saturated heterocycles. The lowest BCUT2D eigenvalue weighted by Crippen LogP contribution is -2.54. The van der Waals surface area contributed by atoms with E-state index in [1.807, 2.05) is 0 Å². The molecular formula is C14H12F7NO5S2. The van der Waals surface area contributed by atoms with Crippen molar-refractivity contribution in [2.75, 3.05) is 5.75 Å². The number of halogens is 7. The minimum Gasteiger partial charge on any atom is -0.462 e. The number of carbonyl (C=O) groups is 1. The molecule has 6 nitrogen and oxygen atoms in total. The van der Waals surface area contributed by atoms with Gasteiger partial charge in [-0.15, -0.1) is 11.8 Å². The number of nitro benzene ring substituents is 1. The Labute approximate surface area is 165 Å². The number of hydrogen-bond acceptors (Lipinski definition) is 6. The number of carbonyl (C=O) groups excluding carboxylic acids is 1. The summed E-state index contributed by atoms with van der Waals surface area (Å²) >= 11 is 0.532. The van der Waals surface area contributed by atoms with Crippen LogP contribution in [-0.2, 0) is 20.3 Å². The van der Waals surface area contributed by atoms with E-state index in [9.17, 15) is 49.9 Å². The molecule has 0 bridgehead atoms. The topological polar surface area (TPSA) is 86.5 Å². The van der Waals surface area contributed by atoms with Gasteiger partial charge in [0.1, 0.15) is 10.8 Å². The van der Waals surface area contributed by atoms with Crippen LogP contribution in [0.2, 0.25) is 0 Å². The predicted molar refractivity (Wildman–Crippen MR) is 87.4 cm³/mol.